The summed E-state index contributed by atoms with van der Waals surface area (Å²) < 4.78 is 35.1. The van der Waals surface area contributed by atoms with Crippen LogP contribution >= 0.6 is 0 Å². The summed E-state index contributed by atoms with van der Waals surface area (Å²) in [5.74, 6) is -2.09. The number of carbonyl (C=O) groups excluding carboxylic acids is 1. The zero-order valence-electron chi connectivity index (χ0n) is 22.4. The number of allylic oxidation sites excluding steroid dienone is 2. The Morgan fingerprint density at radius 1 is 1.11 bits per heavy atom. The number of rotatable bonds is 3. The fourth-order valence-corrected chi connectivity index (χ4v) is 7.88. The minimum absolute atomic E-state index is 0.115. The quantitative estimate of drug-likeness (QED) is 0.360. The highest BCUT2D eigenvalue weighted by Crippen LogP contribution is 2.57. The van der Waals surface area contributed by atoms with Crippen LogP contribution < -0.4 is 0 Å². The highest BCUT2D eigenvalue weighted by Gasteiger charge is 2.60. The van der Waals surface area contributed by atoms with Gasteiger partial charge in [0, 0.05) is 13.5 Å². The molecule has 13 atom stereocenters. The number of hydrogen-bond acceptors (Lipinski definition) is 10. The standard InChI is InChI=1S/C28H40O10/c1-13-24(30)20(33-4)10-22(35-13)36-19-9-14-5-6-15-17(27(14,2)11-18(19)29)8-7-16-23-21(37-25(15)31)12-34-28(23,3)38-26(16)32/h5,7,13,15,17-24,26,29-30,32H,6,8-12H2,1-4H3/b16-7+/t13-,15?,17?,18+,19-,20+,21?,22+,23?,24-,26+,27+,28-/m1/s1. The normalized spacial score (nSPS) is 53.8. The molecule has 2 aliphatic carbocycles. The van der Waals surface area contributed by atoms with Crippen molar-refractivity contribution in [2.75, 3.05) is 13.7 Å². The summed E-state index contributed by atoms with van der Waals surface area (Å²) in [7, 11) is 1.56. The van der Waals surface area contributed by atoms with Crippen LogP contribution in [-0.4, -0.2) is 90.0 Å². The molecule has 212 valence electrons. The van der Waals surface area contributed by atoms with E-state index in [0.717, 1.165) is 5.57 Å². The Morgan fingerprint density at radius 3 is 2.66 bits per heavy atom. The summed E-state index contributed by atoms with van der Waals surface area (Å²) in [6, 6.07) is 0. The Morgan fingerprint density at radius 2 is 1.89 bits per heavy atom. The van der Waals surface area contributed by atoms with E-state index in [-0.39, 0.29) is 30.3 Å². The number of hydrogen-bond donors (Lipinski definition) is 3. The van der Waals surface area contributed by atoms with E-state index in [1.807, 2.05) is 6.08 Å². The molecule has 38 heavy (non-hydrogen) atoms. The third-order valence-electron chi connectivity index (χ3n) is 10.1. The highest BCUT2D eigenvalue weighted by atomic mass is 16.8. The first-order valence-electron chi connectivity index (χ1n) is 13.8. The summed E-state index contributed by atoms with van der Waals surface area (Å²) in [6.07, 6.45) is 1.53. The van der Waals surface area contributed by atoms with Crippen molar-refractivity contribution in [3.8, 4) is 0 Å². The van der Waals surface area contributed by atoms with E-state index in [4.69, 9.17) is 28.4 Å². The Balaban J connectivity index is 1.24. The van der Waals surface area contributed by atoms with Crippen molar-refractivity contribution in [2.24, 2.45) is 23.2 Å². The zero-order chi connectivity index (χ0) is 27.0. The molecule has 0 aromatic carbocycles. The number of fused-ring (bicyclic) bond motifs is 3. The van der Waals surface area contributed by atoms with Crippen LogP contribution in [-0.2, 0) is 33.2 Å². The van der Waals surface area contributed by atoms with Crippen LogP contribution in [0, 0.1) is 23.2 Å². The Kier molecular flexibility index (Phi) is 6.80. The molecular formula is C28H40O10. The summed E-state index contributed by atoms with van der Waals surface area (Å²) in [4.78, 5) is 13.5. The van der Waals surface area contributed by atoms with Crippen molar-refractivity contribution < 1.29 is 48.5 Å². The van der Waals surface area contributed by atoms with E-state index < -0.39 is 60.4 Å². The predicted molar refractivity (Wildman–Crippen MR) is 131 cm³/mol. The van der Waals surface area contributed by atoms with Gasteiger partial charge in [-0.05, 0) is 56.4 Å². The summed E-state index contributed by atoms with van der Waals surface area (Å²) in [5, 5.41) is 32.2. The number of methoxy groups -OCH3 is 1. The lowest BCUT2D eigenvalue weighted by Crippen LogP contribution is -2.53. The van der Waals surface area contributed by atoms with Crippen molar-refractivity contribution >= 4 is 5.97 Å². The number of esters is 1. The largest absolute Gasteiger partial charge is 0.459 e. The lowest BCUT2D eigenvalue weighted by molar-refractivity contribution is -0.275. The van der Waals surface area contributed by atoms with E-state index in [2.05, 4.69) is 13.0 Å². The second-order valence-electron chi connectivity index (χ2n) is 12.2. The third-order valence-corrected chi connectivity index (χ3v) is 10.1. The smallest absolute Gasteiger partial charge is 0.309 e. The molecule has 6 aliphatic rings. The fourth-order valence-electron chi connectivity index (χ4n) is 7.88. The van der Waals surface area contributed by atoms with Gasteiger partial charge < -0.3 is 43.7 Å². The van der Waals surface area contributed by atoms with Gasteiger partial charge in [0.05, 0.1) is 42.9 Å². The van der Waals surface area contributed by atoms with Crippen molar-refractivity contribution in [1.29, 1.82) is 0 Å². The molecule has 4 heterocycles. The lowest BCUT2D eigenvalue weighted by atomic mass is 9.55. The number of aliphatic hydroxyl groups excluding tert-OH is 3. The van der Waals surface area contributed by atoms with Gasteiger partial charge in [-0.15, -0.1) is 0 Å². The molecule has 4 aliphatic heterocycles. The first kappa shape index (κ1) is 26.8. The molecule has 4 unspecified atom stereocenters. The molecule has 10 nitrogen and oxygen atoms in total. The molecule has 0 aromatic rings. The van der Waals surface area contributed by atoms with Crippen molar-refractivity contribution in [2.45, 2.75) is 108 Å². The minimum Gasteiger partial charge on any atom is -0.459 e. The second kappa shape index (κ2) is 9.62. The van der Waals surface area contributed by atoms with Crippen molar-refractivity contribution in [1.82, 2.24) is 0 Å². The van der Waals surface area contributed by atoms with E-state index in [1.165, 1.54) is 0 Å². The van der Waals surface area contributed by atoms with Gasteiger partial charge in [-0.3, -0.25) is 4.79 Å². The van der Waals surface area contributed by atoms with E-state index >= 15 is 0 Å². The topological polar surface area (TPSA) is 133 Å². The molecule has 0 aromatic heterocycles. The number of ether oxygens (including phenoxy) is 6. The molecule has 3 N–H and O–H groups in total. The average Bonchev–Trinajstić information content (AvgIpc) is 3.32. The molecule has 10 heteroatoms. The molecule has 0 bridgehead atoms. The summed E-state index contributed by atoms with van der Waals surface area (Å²) >= 11 is 0. The molecule has 6 rings (SSSR count). The molecular weight excluding hydrogens is 496 g/mol. The first-order valence-corrected chi connectivity index (χ1v) is 13.8. The molecule has 3 saturated heterocycles. The maximum atomic E-state index is 13.5. The van der Waals surface area contributed by atoms with Crippen LogP contribution in [0.2, 0.25) is 0 Å². The average molecular weight is 537 g/mol. The van der Waals surface area contributed by atoms with E-state index in [1.54, 1.807) is 21.0 Å². The van der Waals surface area contributed by atoms with Gasteiger partial charge in [0.1, 0.15) is 12.2 Å². The first-order chi connectivity index (χ1) is 18.0. The SMILES string of the molecule is CO[C@H]1C[C@H](O[C@@H]2CC3=CCC4C(=O)OC5CO[C@]6(C)O[C@H](O)/C(=C/CC4[C@@]3(C)C[C@@H]2O)C56)O[C@H](C)[C@H]1O. The van der Waals surface area contributed by atoms with Crippen LogP contribution in [0.25, 0.3) is 0 Å². The van der Waals surface area contributed by atoms with E-state index in [9.17, 15) is 20.1 Å². The number of carbonyl (C=O) groups is 1. The molecule has 0 radical (unpaired) electrons. The Hall–Kier alpha value is -1.37. The van der Waals surface area contributed by atoms with Crippen LogP contribution in [0.3, 0.4) is 0 Å². The molecule has 0 amide bonds. The maximum absolute atomic E-state index is 13.5. The van der Waals surface area contributed by atoms with E-state index in [0.29, 0.717) is 37.7 Å². The second-order valence-corrected chi connectivity index (χ2v) is 12.2. The van der Waals surface area contributed by atoms with Gasteiger partial charge in [-0.25, -0.2) is 0 Å². The zero-order valence-corrected chi connectivity index (χ0v) is 22.4. The monoisotopic (exact) mass is 536 g/mol. The summed E-state index contributed by atoms with van der Waals surface area (Å²) in [5.41, 5.74) is 1.41. The van der Waals surface area contributed by atoms with Crippen molar-refractivity contribution in [3.63, 3.8) is 0 Å². The Bertz CT molecular complexity index is 1010. The van der Waals surface area contributed by atoms with Gasteiger partial charge in [-0.1, -0.05) is 24.6 Å². The van der Waals surface area contributed by atoms with Gasteiger partial charge in [0.15, 0.2) is 18.4 Å². The molecule has 0 spiro atoms. The third kappa shape index (κ3) is 4.19. The van der Waals surface area contributed by atoms with Gasteiger partial charge >= 0.3 is 5.97 Å². The molecule has 1 saturated carbocycles. The highest BCUT2D eigenvalue weighted by molar-refractivity contribution is 5.74. The number of aliphatic hydroxyl groups is 3. The van der Waals surface area contributed by atoms with Crippen LogP contribution in [0.15, 0.2) is 23.3 Å². The maximum Gasteiger partial charge on any atom is 0.309 e. The van der Waals surface area contributed by atoms with Crippen LogP contribution in [0.5, 0.6) is 0 Å². The fraction of sp³-hybridized carbons (Fsp3) is 0.821. The van der Waals surface area contributed by atoms with Crippen LogP contribution in [0.1, 0.15) is 52.9 Å². The van der Waals surface area contributed by atoms with Gasteiger partial charge in [0.2, 0.25) is 0 Å². The minimum atomic E-state index is -1.10. The van der Waals surface area contributed by atoms with Gasteiger partial charge in [0.25, 0.3) is 0 Å². The predicted octanol–water partition coefficient (Wildman–Crippen LogP) is 1.56. The Labute approximate surface area is 222 Å². The van der Waals surface area contributed by atoms with Crippen LogP contribution in [0.4, 0.5) is 0 Å². The lowest BCUT2D eigenvalue weighted by Gasteiger charge is -2.52. The molecule has 4 fully saturated rings. The van der Waals surface area contributed by atoms with Crippen molar-refractivity contribution in [3.05, 3.63) is 23.3 Å². The summed E-state index contributed by atoms with van der Waals surface area (Å²) in [6.45, 7) is 5.91. The van der Waals surface area contributed by atoms with Gasteiger partial charge in [-0.2, -0.15) is 0 Å².